The van der Waals surface area contributed by atoms with E-state index in [0.29, 0.717) is 29.2 Å². The summed E-state index contributed by atoms with van der Waals surface area (Å²) in [6.45, 7) is 0. The van der Waals surface area contributed by atoms with Gasteiger partial charge in [-0.15, -0.1) is 10.2 Å². The first kappa shape index (κ1) is 20.4. The van der Waals surface area contributed by atoms with Crippen molar-refractivity contribution in [2.75, 3.05) is 10.6 Å². The maximum atomic E-state index is 12.5. The number of nitrogens with zero attached hydrogens (tertiary/aromatic N) is 2. The zero-order valence-electron chi connectivity index (χ0n) is 16.6. The second-order valence-electron chi connectivity index (χ2n) is 6.91. The van der Waals surface area contributed by atoms with Gasteiger partial charge in [0.15, 0.2) is 0 Å². The van der Waals surface area contributed by atoms with Gasteiger partial charge in [0, 0.05) is 17.7 Å². The van der Waals surface area contributed by atoms with E-state index < -0.39 is 0 Å². The van der Waals surface area contributed by atoms with Gasteiger partial charge in [0.2, 0.25) is 11.0 Å². The highest BCUT2D eigenvalue weighted by atomic mass is 32.1. The number of rotatable bonds is 7. The van der Waals surface area contributed by atoms with Crippen molar-refractivity contribution in [1.29, 1.82) is 0 Å². The molecule has 0 saturated carbocycles. The number of anilines is 2. The summed E-state index contributed by atoms with van der Waals surface area (Å²) in [7, 11) is 0. The van der Waals surface area contributed by atoms with Crippen molar-refractivity contribution in [3.05, 3.63) is 107 Å². The number of nitrogens with one attached hydrogen (secondary N) is 2. The van der Waals surface area contributed by atoms with E-state index >= 15 is 0 Å². The Morgan fingerprint density at radius 3 is 2.06 bits per heavy atom. The number of carbonyl (C=O) groups is 2. The van der Waals surface area contributed by atoms with Crippen LogP contribution in [0.25, 0.3) is 0 Å². The van der Waals surface area contributed by atoms with Crippen molar-refractivity contribution < 1.29 is 9.59 Å². The third-order valence-electron chi connectivity index (χ3n) is 4.52. The molecule has 154 valence electrons. The van der Waals surface area contributed by atoms with Gasteiger partial charge in [0.1, 0.15) is 5.01 Å². The highest BCUT2D eigenvalue weighted by Crippen LogP contribution is 2.20. The van der Waals surface area contributed by atoms with Crippen LogP contribution in [0, 0.1) is 0 Å². The molecule has 2 amide bonds. The van der Waals surface area contributed by atoms with Crippen LogP contribution in [0.1, 0.15) is 26.5 Å². The van der Waals surface area contributed by atoms with Gasteiger partial charge in [0.25, 0.3) is 5.91 Å². The maximum Gasteiger partial charge on any atom is 0.257 e. The molecule has 0 atom stereocenters. The van der Waals surface area contributed by atoms with Gasteiger partial charge in [0.05, 0.1) is 6.42 Å². The van der Waals surface area contributed by atoms with E-state index in [1.54, 1.807) is 24.3 Å². The van der Waals surface area contributed by atoms with Crippen LogP contribution >= 0.6 is 11.3 Å². The molecule has 0 radical (unpaired) electrons. The molecule has 4 rings (SSSR count). The minimum Gasteiger partial charge on any atom is -0.326 e. The minimum atomic E-state index is -0.274. The van der Waals surface area contributed by atoms with Gasteiger partial charge >= 0.3 is 0 Å². The molecular formula is C24H20N4O2S. The first-order chi connectivity index (χ1) is 15.2. The summed E-state index contributed by atoms with van der Waals surface area (Å²) < 4.78 is 0. The lowest BCUT2D eigenvalue weighted by atomic mass is 10.1. The second kappa shape index (κ2) is 9.77. The Hall–Kier alpha value is -3.84. The van der Waals surface area contributed by atoms with Gasteiger partial charge in [-0.2, -0.15) is 0 Å². The van der Waals surface area contributed by atoms with Gasteiger partial charge in [-0.1, -0.05) is 72.0 Å². The Balaban J connectivity index is 1.31. The normalized spacial score (nSPS) is 10.5. The predicted molar refractivity (Wildman–Crippen MR) is 122 cm³/mol. The van der Waals surface area contributed by atoms with E-state index in [4.69, 9.17) is 0 Å². The summed E-state index contributed by atoms with van der Waals surface area (Å²) in [4.78, 5) is 24.7. The minimum absolute atomic E-state index is 0.108. The smallest absolute Gasteiger partial charge is 0.257 e. The summed E-state index contributed by atoms with van der Waals surface area (Å²) in [6, 6.07) is 26.3. The number of carbonyl (C=O) groups excluding carboxylic acids is 2. The average molecular weight is 429 g/mol. The average Bonchev–Trinajstić information content (AvgIpc) is 3.22. The third kappa shape index (κ3) is 5.83. The molecule has 0 unspecified atom stereocenters. The molecule has 0 aliphatic rings. The molecule has 1 aromatic heterocycles. The Kier molecular flexibility index (Phi) is 6.44. The highest BCUT2D eigenvalue weighted by Gasteiger charge is 2.11. The number of hydrogen-bond acceptors (Lipinski definition) is 5. The van der Waals surface area contributed by atoms with Crippen molar-refractivity contribution in [3.63, 3.8) is 0 Å². The van der Waals surface area contributed by atoms with Crippen molar-refractivity contribution in [3.8, 4) is 0 Å². The molecule has 0 bridgehead atoms. The maximum absolute atomic E-state index is 12.5. The highest BCUT2D eigenvalue weighted by molar-refractivity contribution is 7.15. The van der Waals surface area contributed by atoms with Crippen LogP contribution in [0.2, 0.25) is 0 Å². The predicted octanol–water partition coefficient (Wildman–Crippen LogP) is 4.56. The van der Waals surface area contributed by atoms with Crippen molar-refractivity contribution in [2.24, 2.45) is 0 Å². The molecule has 6 nitrogen and oxygen atoms in total. The summed E-state index contributed by atoms with van der Waals surface area (Å²) >= 11 is 1.35. The standard InChI is InChI=1S/C24H20N4O2S/c29-21(15-17-7-3-1-4-8-17)25-20-13-11-19(12-14-20)23(30)26-24-28-27-22(31-24)16-18-9-5-2-6-10-18/h1-14H,15-16H2,(H,25,29)(H,26,28,30). The van der Waals surface area contributed by atoms with E-state index in [1.165, 1.54) is 11.3 Å². The summed E-state index contributed by atoms with van der Waals surface area (Å²) in [5.74, 6) is -0.382. The number of aromatic nitrogens is 2. The fourth-order valence-corrected chi connectivity index (χ4v) is 3.78. The molecule has 2 N–H and O–H groups in total. The van der Waals surface area contributed by atoms with Crippen LogP contribution in [0.5, 0.6) is 0 Å². The first-order valence-electron chi connectivity index (χ1n) is 9.77. The zero-order chi connectivity index (χ0) is 21.5. The van der Waals surface area contributed by atoms with E-state index in [2.05, 4.69) is 20.8 Å². The largest absolute Gasteiger partial charge is 0.326 e. The SMILES string of the molecule is O=C(Cc1ccccc1)Nc1ccc(C(=O)Nc2nnc(Cc3ccccc3)s2)cc1. The van der Waals surface area contributed by atoms with Gasteiger partial charge < -0.3 is 5.32 Å². The van der Waals surface area contributed by atoms with Crippen LogP contribution in [0.15, 0.2) is 84.9 Å². The molecule has 0 saturated heterocycles. The Labute approximate surface area is 184 Å². The molecule has 0 fully saturated rings. The lowest BCUT2D eigenvalue weighted by Crippen LogP contribution is -2.15. The summed E-state index contributed by atoms with van der Waals surface area (Å²) in [5, 5.41) is 15.1. The van der Waals surface area contributed by atoms with E-state index in [-0.39, 0.29) is 11.8 Å². The molecule has 1 heterocycles. The number of amides is 2. The van der Waals surface area contributed by atoms with Gasteiger partial charge in [-0.3, -0.25) is 14.9 Å². The molecule has 0 aliphatic carbocycles. The molecule has 31 heavy (non-hydrogen) atoms. The first-order valence-corrected chi connectivity index (χ1v) is 10.6. The van der Waals surface area contributed by atoms with Crippen LogP contribution < -0.4 is 10.6 Å². The van der Waals surface area contributed by atoms with Crippen LogP contribution in [0.4, 0.5) is 10.8 Å². The Morgan fingerprint density at radius 1 is 0.742 bits per heavy atom. The second-order valence-corrected chi connectivity index (χ2v) is 7.97. The Morgan fingerprint density at radius 2 is 1.39 bits per heavy atom. The van der Waals surface area contributed by atoms with Crippen molar-refractivity contribution >= 4 is 34.0 Å². The molecule has 7 heteroatoms. The quantitative estimate of drug-likeness (QED) is 0.452. The van der Waals surface area contributed by atoms with E-state index in [1.807, 2.05) is 60.7 Å². The summed E-state index contributed by atoms with van der Waals surface area (Å²) in [5.41, 5.74) is 3.19. The Bertz CT molecular complexity index is 1160. The van der Waals surface area contributed by atoms with Crippen LogP contribution in [-0.4, -0.2) is 22.0 Å². The van der Waals surface area contributed by atoms with E-state index in [0.717, 1.165) is 16.1 Å². The number of hydrogen-bond donors (Lipinski definition) is 2. The van der Waals surface area contributed by atoms with Gasteiger partial charge in [-0.05, 0) is 35.4 Å². The molecule has 0 aliphatic heterocycles. The van der Waals surface area contributed by atoms with Crippen molar-refractivity contribution in [1.82, 2.24) is 10.2 Å². The molecule has 3 aromatic carbocycles. The zero-order valence-corrected chi connectivity index (χ0v) is 17.4. The number of benzene rings is 3. The van der Waals surface area contributed by atoms with Crippen LogP contribution in [-0.2, 0) is 17.6 Å². The fourth-order valence-electron chi connectivity index (χ4n) is 3.01. The van der Waals surface area contributed by atoms with Crippen molar-refractivity contribution in [2.45, 2.75) is 12.8 Å². The summed E-state index contributed by atoms with van der Waals surface area (Å²) in [6.07, 6.45) is 0.969. The van der Waals surface area contributed by atoms with Gasteiger partial charge in [-0.25, -0.2) is 0 Å². The van der Waals surface area contributed by atoms with E-state index in [9.17, 15) is 9.59 Å². The molecular weight excluding hydrogens is 408 g/mol. The van der Waals surface area contributed by atoms with Crippen LogP contribution in [0.3, 0.4) is 0 Å². The third-order valence-corrected chi connectivity index (χ3v) is 5.36. The lowest BCUT2D eigenvalue weighted by Gasteiger charge is -2.07. The monoisotopic (exact) mass is 428 g/mol. The molecule has 4 aromatic rings. The topological polar surface area (TPSA) is 84.0 Å². The lowest BCUT2D eigenvalue weighted by molar-refractivity contribution is -0.115. The fraction of sp³-hybridized carbons (Fsp3) is 0.0833. The molecule has 0 spiro atoms.